The summed E-state index contributed by atoms with van der Waals surface area (Å²) in [7, 11) is 0. The number of carboxylic acids is 1. The Hall–Kier alpha value is -4.96. The third-order valence-electron chi connectivity index (χ3n) is 5.87. The van der Waals surface area contributed by atoms with E-state index < -0.39 is 29.9 Å². The predicted molar refractivity (Wildman–Crippen MR) is 164 cm³/mol. The first-order valence-electron chi connectivity index (χ1n) is 13.3. The summed E-state index contributed by atoms with van der Waals surface area (Å²) in [6.45, 7) is 7.52. The lowest BCUT2D eigenvalue weighted by Crippen LogP contribution is -2.53. The SMILES string of the molecule is CC(C=CC=CC=CC=CC=C(C)C(=O)NC(C(=O)O)C(O)C(N)=O)=CC(C)=CC1N=C(C=Cc2ccc[nH]2)OC1C. The van der Waals surface area contributed by atoms with Crippen molar-refractivity contribution in [2.75, 3.05) is 0 Å². The number of ether oxygens (including phenoxy) is 1. The first-order chi connectivity index (χ1) is 20.0. The first-order valence-corrected chi connectivity index (χ1v) is 13.3. The number of nitrogens with one attached hydrogen (secondary N) is 2. The third kappa shape index (κ3) is 11.6. The Morgan fingerprint density at radius 3 is 2.33 bits per heavy atom. The van der Waals surface area contributed by atoms with Gasteiger partial charge in [0.2, 0.25) is 17.7 Å². The van der Waals surface area contributed by atoms with Crippen molar-refractivity contribution in [2.45, 2.75) is 52.0 Å². The van der Waals surface area contributed by atoms with E-state index in [-0.39, 0.29) is 17.7 Å². The van der Waals surface area contributed by atoms with Crippen LogP contribution in [0.25, 0.3) is 6.08 Å². The van der Waals surface area contributed by atoms with Crippen LogP contribution in [0.5, 0.6) is 0 Å². The topological polar surface area (TPSA) is 167 Å². The summed E-state index contributed by atoms with van der Waals surface area (Å²) in [5, 5.41) is 20.7. The van der Waals surface area contributed by atoms with Crippen LogP contribution in [0, 0.1) is 0 Å². The molecular weight excluding hydrogens is 536 g/mol. The van der Waals surface area contributed by atoms with E-state index in [1.54, 1.807) is 24.3 Å². The minimum atomic E-state index is -2.04. The maximum absolute atomic E-state index is 12.1. The minimum Gasteiger partial charge on any atom is -0.480 e. The highest BCUT2D eigenvalue weighted by molar-refractivity contribution is 5.97. The number of carbonyl (C=O) groups is 3. The number of nitrogens with zero attached hydrogens (tertiary/aromatic N) is 1. The molecular formula is C32H38N4O6. The molecule has 10 heteroatoms. The van der Waals surface area contributed by atoms with Gasteiger partial charge in [0.05, 0.1) is 0 Å². The van der Waals surface area contributed by atoms with Gasteiger partial charge in [0.25, 0.3) is 0 Å². The van der Waals surface area contributed by atoms with Gasteiger partial charge in [0.15, 0.2) is 12.1 Å². The number of allylic oxidation sites excluding steroid dienone is 12. The lowest BCUT2D eigenvalue weighted by Gasteiger charge is -2.17. The second kappa shape index (κ2) is 17.0. The molecule has 1 aromatic heterocycles. The fourth-order valence-corrected chi connectivity index (χ4v) is 3.63. The molecule has 2 amide bonds. The van der Waals surface area contributed by atoms with E-state index in [4.69, 9.17) is 15.6 Å². The lowest BCUT2D eigenvalue weighted by atomic mass is 10.1. The molecule has 1 aliphatic rings. The zero-order valence-corrected chi connectivity index (χ0v) is 24.1. The van der Waals surface area contributed by atoms with Crippen LogP contribution in [-0.2, 0) is 19.1 Å². The molecule has 6 N–H and O–H groups in total. The molecule has 2 heterocycles. The van der Waals surface area contributed by atoms with Crippen LogP contribution < -0.4 is 11.1 Å². The molecule has 2 rings (SSSR count). The minimum absolute atomic E-state index is 0.0422. The van der Waals surface area contributed by atoms with Crippen LogP contribution in [-0.4, -0.2) is 63.2 Å². The van der Waals surface area contributed by atoms with Gasteiger partial charge >= 0.3 is 5.97 Å². The molecule has 10 nitrogen and oxygen atoms in total. The highest BCUT2D eigenvalue weighted by Crippen LogP contribution is 2.18. The summed E-state index contributed by atoms with van der Waals surface area (Å²) >= 11 is 0. The van der Waals surface area contributed by atoms with Gasteiger partial charge in [-0.25, -0.2) is 9.79 Å². The van der Waals surface area contributed by atoms with E-state index in [9.17, 15) is 19.5 Å². The fourth-order valence-electron chi connectivity index (χ4n) is 3.63. The van der Waals surface area contributed by atoms with Gasteiger partial charge in [-0.15, -0.1) is 0 Å². The van der Waals surface area contributed by atoms with Crippen molar-refractivity contribution in [1.29, 1.82) is 0 Å². The van der Waals surface area contributed by atoms with Crippen LogP contribution in [0.2, 0.25) is 0 Å². The summed E-state index contributed by atoms with van der Waals surface area (Å²) < 4.78 is 5.85. The number of nitrogens with two attached hydrogens (primary N) is 1. The van der Waals surface area contributed by atoms with Gasteiger partial charge in [-0.1, -0.05) is 78.0 Å². The number of aromatic nitrogens is 1. The highest BCUT2D eigenvalue weighted by Gasteiger charge is 2.32. The van der Waals surface area contributed by atoms with Gasteiger partial charge in [0.1, 0.15) is 12.1 Å². The van der Waals surface area contributed by atoms with Gasteiger partial charge in [0, 0.05) is 23.5 Å². The summed E-state index contributed by atoms with van der Waals surface area (Å²) in [6, 6.07) is 2.02. The maximum atomic E-state index is 12.1. The van der Waals surface area contributed by atoms with Gasteiger partial charge < -0.3 is 31.0 Å². The summed E-state index contributed by atoms with van der Waals surface area (Å²) in [4.78, 5) is 42.1. The van der Waals surface area contributed by atoms with Crippen molar-refractivity contribution in [3.8, 4) is 0 Å². The number of hydrogen-bond acceptors (Lipinski definition) is 6. The van der Waals surface area contributed by atoms with E-state index in [0.717, 1.165) is 16.8 Å². The number of rotatable bonds is 14. The Labute approximate surface area is 245 Å². The van der Waals surface area contributed by atoms with Crippen molar-refractivity contribution in [1.82, 2.24) is 10.3 Å². The molecule has 222 valence electrons. The van der Waals surface area contributed by atoms with Crippen molar-refractivity contribution < 1.29 is 29.3 Å². The maximum Gasteiger partial charge on any atom is 0.329 e. The van der Waals surface area contributed by atoms with Gasteiger partial charge in [-0.3, -0.25) is 9.59 Å². The molecule has 0 radical (unpaired) electrons. The van der Waals surface area contributed by atoms with Crippen molar-refractivity contribution in [2.24, 2.45) is 10.7 Å². The number of hydrogen-bond donors (Lipinski definition) is 5. The zero-order chi connectivity index (χ0) is 31.1. The van der Waals surface area contributed by atoms with E-state index in [0.29, 0.717) is 5.90 Å². The van der Waals surface area contributed by atoms with E-state index in [1.165, 1.54) is 13.0 Å². The molecule has 0 spiro atoms. The Kier molecular flexibility index (Phi) is 13.4. The van der Waals surface area contributed by atoms with Crippen LogP contribution in [0.3, 0.4) is 0 Å². The molecule has 0 aromatic carbocycles. The summed E-state index contributed by atoms with van der Waals surface area (Å²) in [5.74, 6) is -2.96. The van der Waals surface area contributed by atoms with Gasteiger partial charge in [-0.2, -0.15) is 0 Å². The van der Waals surface area contributed by atoms with E-state index in [2.05, 4.69) is 27.4 Å². The average molecular weight is 575 g/mol. The number of H-pyrrole nitrogens is 1. The molecule has 0 saturated carbocycles. The molecule has 0 saturated heterocycles. The average Bonchev–Trinajstić information content (AvgIpc) is 3.57. The predicted octanol–water partition coefficient (Wildman–Crippen LogP) is 3.69. The van der Waals surface area contributed by atoms with Crippen molar-refractivity contribution in [3.05, 3.63) is 114 Å². The number of aliphatic imine (C=N–C) groups is 1. The second-order valence-corrected chi connectivity index (χ2v) is 9.54. The number of aliphatic carboxylic acids is 1. The molecule has 1 aromatic rings. The summed E-state index contributed by atoms with van der Waals surface area (Å²) in [6.07, 6.45) is 23.7. The smallest absolute Gasteiger partial charge is 0.329 e. The molecule has 0 fully saturated rings. The first kappa shape index (κ1) is 33.2. The molecule has 1 aliphatic heterocycles. The normalized spacial score (nSPS) is 20.1. The standard InChI is InChI=1S/C32H38N4O6/c1-21(19-22(2)20-26-24(4)42-27(35-26)17-16-25-15-12-18-34-25)13-10-8-6-5-7-9-11-14-23(3)31(39)36-28(32(40)41)29(37)30(33)38/h5-20,24,26,28-29,34,37H,1-4H3,(H2,33,38)(H,36,39)(H,40,41). The largest absolute Gasteiger partial charge is 0.480 e. The Morgan fingerprint density at radius 1 is 1.05 bits per heavy atom. The van der Waals surface area contributed by atoms with Crippen LogP contribution >= 0.6 is 0 Å². The molecule has 0 aliphatic carbocycles. The lowest BCUT2D eigenvalue weighted by molar-refractivity contribution is -0.148. The monoisotopic (exact) mass is 574 g/mol. The Morgan fingerprint density at radius 2 is 1.71 bits per heavy atom. The van der Waals surface area contributed by atoms with Crippen molar-refractivity contribution >= 4 is 29.8 Å². The zero-order valence-electron chi connectivity index (χ0n) is 24.1. The quantitative estimate of drug-likeness (QED) is 0.168. The van der Waals surface area contributed by atoms with Crippen LogP contribution in [0.15, 0.2) is 113 Å². The van der Waals surface area contributed by atoms with Crippen molar-refractivity contribution in [3.63, 3.8) is 0 Å². The van der Waals surface area contributed by atoms with E-state index >= 15 is 0 Å². The number of carboxylic acid groups (broad SMARTS) is 1. The molecule has 4 atom stereocenters. The number of aliphatic hydroxyl groups is 1. The number of aliphatic hydroxyl groups excluding tert-OH is 1. The fraction of sp³-hybridized carbons (Fsp3) is 0.250. The number of primary amides is 1. The van der Waals surface area contributed by atoms with E-state index in [1.807, 2.05) is 75.6 Å². The molecule has 42 heavy (non-hydrogen) atoms. The Bertz CT molecular complexity index is 1370. The van der Waals surface area contributed by atoms with Gasteiger partial charge in [-0.05, 0) is 45.9 Å². The number of amides is 2. The van der Waals surface area contributed by atoms with Crippen LogP contribution in [0.4, 0.5) is 0 Å². The second-order valence-electron chi connectivity index (χ2n) is 9.54. The highest BCUT2D eigenvalue weighted by atomic mass is 16.5. The third-order valence-corrected chi connectivity index (χ3v) is 5.87. The molecule has 4 unspecified atom stereocenters. The summed E-state index contributed by atoms with van der Waals surface area (Å²) in [5.41, 5.74) is 8.24. The van der Waals surface area contributed by atoms with Crippen LogP contribution in [0.1, 0.15) is 33.4 Å². The number of carbonyl (C=O) groups excluding carboxylic acids is 2. The Balaban J connectivity index is 1.83. The number of aromatic amines is 1. The molecule has 0 bridgehead atoms.